The second kappa shape index (κ2) is 65.4. The number of hydrogen-bond donors (Lipinski definition) is 24. The third kappa shape index (κ3) is 43.8. The number of nitrogens with one attached hydrogen (secondary N) is 2. The molecule has 140 heavy (non-hydrogen) atoms. The highest BCUT2D eigenvalue weighted by Gasteiger charge is 2.64. The molecule has 0 spiro atoms. The molecule has 0 bridgehead atoms. The topological polar surface area (TPSA) is 743 Å². The molecule has 5 aliphatic heterocycles. The number of ether oxygens (including phenoxy) is 11. The van der Waals surface area contributed by atoms with Crippen LogP contribution in [0.4, 0.5) is 0 Å². The Labute approximate surface area is 818 Å². The van der Waals surface area contributed by atoms with E-state index in [9.17, 15) is 154 Å². The van der Waals surface area contributed by atoms with Crippen molar-refractivity contribution in [2.45, 2.75) is 506 Å². The SMILES string of the molecule is CCCCCCCCCCC[C@@H](O)CC(=O)N[C@H]1[C@H](OC[C@H]2O[C@H](OP(=O)(O)O)[C@H](NC(=O)C[C@H](O)CCCCCCCCCCC)[C@@H](OC(=O)C[C@H](O)CCCCCCCCCCC)[C@@H]2O)O[C@H](CO[C@]2(C(=O)O)C[C@@H](O[C@]3(C(=O)O)C[C@@H](O)[C@@H](O)[C@@H]([C@H](O)CO[C@]4(C(=O)O)C[C@@H](O)[C@@H](O)[C@@H]([C@H](O)CO)O4)O3)[C@@H](O)[C@@H]([C@H](O)CO)O2)[C@@H](OP(=O)(O)O)[C@@H]1OC(=O)C[C@H](O)CCCCCCCCCCC. The van der Waals surface area contributed by atoms with Gasteiger partial charge in [-0.2, -0.15) is 0 Å². The molecule has 0 saturated carbocycles. The normalized spacial score (nSPS) is 30.0. The summed E-state index contributed by atoms with van der Waals surface area (Å²) in [6.07, 6.45) is -29.7. The lowest BCUT2D eigenvalue weighted by Crippen LogP contribution is -2.69. The van der Waals surface area contributed by atoms with Gasteiger partial charge in [-0.15, -0.1) is 0 Å². The number of carbonyl (C=O) groups is 7. The van der Waals surface area contributed by atoms with Crippen LogP contribution in [0, 0.1) is 0 Å². The van der Waals surface area contributed by atoms with Gasteiger partial charge in [0.2, 0.25) is 11.8 Å². The fourth-order valence-corrected chi connectivity index (χ4v) is 19.1. The number of esters is 2. The fourth-order valence-electron chi connectivity index (χ4n) is 18.1. The number of carbonyl (C=O) groups excluding carboxylic acids is 4. The highest BCUT2D eigenvalue weighted by molar-refractivity contribution is 7.46. The summed E-state index contributed by atoms with van der Waals surface area (Å²) in [6, 6.07) is -4.46. The number of aliphatic carboxylic acids is 3. The summed E-state index contributed by atoms with van der Waals surface area (Å²) in [6.45, 7) is 1.30. The Kier molecular flexibility index (Phi) is 58.9. The molecule has 46 nitrogen and oxygen atoms in total. The summed E-state index contributed by atoms with van der Waals surface area (Å²) < 4.78 is 102. The van der Waals surface area contributed by atoms with Crippen molar-refractivity contribution in [1.82, 2.24) is 10.6 Å². The number of phosphoric ester groups is 2. The van der Waals surface area contributed by atoms with Crippen molar-refractivity contribution in [2.75, 3.05) is 33.0 Å². The van der Waals surface area contributed by atoms with E-state index in [1.807, 2.05) is 0 Å². The Bertz CT molecular complexity index is 3620. The number of aliphatic hydroxyl groups is 15. The molecule has 0 aromatic carbocycles. The van der Waals surface area contributed by atoms with Gasteiger partial charge in [-0.3, -0.25) is 28.2 Å². The van der Waals surface area contributed by atoms with Crippen LogP contribution in [0.2, 0.25) is 0 Å². The number of carboxylic acids is 3. The van der Waals surface area contributed by atoms with Crippen molar-refractivity contribution >= 4 is 57.3 Å². The average molecular weight is 2070 g/mol. The van der Waals surface area contributed by atoms with E-state index in [4.69, 9.17) is 61.2 Å². The molecular formula is C92H166N2O44P2. The van der Waals surface area contributed by atoms with Gasteiger partial charge in [0.05, 0.1) is 101 Å². The fraction of sp³-hybridized carbons (Fsp3) is 0.924. The predicted molar refractivity (Wildman–Crippen MR) is 491 cm³/mol. The molecule has 0 radical (unpaired) electrons. The maximum Gasteiger partial charge on any atom is 0.472 e. The quantitative estimate of drug-likeness (QED) is 0.0233. The van der Waals surface area contributed by atoms with Crippen molar-refractivity contribution < 1.29 is 215 Å². The molecule has 818 valence electrons. The summed E-state index contributed by atoms with van der Waals surface area (Å²) in [5.41, 5.74) is 0. The van der Waals surface area contributed by atoms with Crippen LogP contribution in [0.15, 0.2) is 0 Å². The molecular weight excluding hydrogens is 1900 g/mol. The number of unbranched alkanes of at least 4 members (excludes halogenated alkanes) is 32. The molecule has 5 fully saturated rings. The van der Waals surface area contributed by atoms with E-state index in [1.54, 1.807) is 0 Å². The molecule has 0 aliphatic carbocycles. The first kappa shape index (κ1) is 126. The average Bonchev–Trinajstić information content (AvgIpc) is 0.744. The molecule has 48 heteroatoms. The van der Waals surface area contributed by atoms with E-state index in [2.05, 4.69) is 38.3 Å². The monoisotopic (exact) mass is 2070 g/mol. The zero-order valence-corrected chi connectivity index (χ0v) is 83.3. The van der Waals surface area contributed by atoms with E-state index in [1.165, 1.54) is 0 Å². The summed E-state index contributed by atoms with van der Waals surface area (Å²) >= 11 is 0. The van der Waals surface area contributed by atoms with Crippen LogP contribution in [-0.2, 0) is 104 Å². The second-order valence-corrected chi connectivity index (χ2v) is 40.4. The van der Waals surface area contributed by atoms with Crippen molar-refractivity contribution in [1.29, 1.82) is 0 Å². The van der Waals surface area contributed by atoms with Crippen LogP contribution >= 0.6 is 15.6 Å². The molecule has 0 unspecified atom stereocenters. The van der Waals surface area contributed by atoms with Gasteiger partial charge in [0.1, 0.15) is 91.4 Å². The van der Waals surface area contributed by atoms with E-state index >= 15 is 0 Å². The largest absolute Gasteiger partial charge is 0.477 e. The van der Waals surface area contributed by atoms with Crippen LogP contribution < -0.4 is 10.6 Å². The number of rotatable bonds is 75. The zero-order chi connectivity index (χ0) is 104. The first-order valence-corrected chi connectivity index (χ1v) is 53.6. The van der Waals surface area contributed by atoms with E-state index in [0.29, 0.717) is 51.4 Å². The highest BCUT2D eigenvalue weighted by atomic mass is 31.2. The third-order valence-corrected chi connectivity index (χ3v) is 27.0. The van der Waals surface area contributed by atoms with Crippen LogP contribution in [0.1, 0.15) is 329 Å². The number of hydrogen-bond acceptors (Lipinski definition) is 37. The third-order valence-electron chi connectivity index (χ3n) is 26.0. The summed E-state index contributed by atoms with van der Waals surface area (Å²) in [5, 5.41) is 206. The number of aliphatic hydroxyl groups excluding tert-OH is 15. The summed E-state index contributed by atoms with van der Waals surface area (Å²) in [4.78, 5) is 142. The lowest BCUT2D eigenvalue weighted by Gasteiger charge is -2.50. The minimum atomic E-state index is -6.19. The second-order valence-electron chi connectivity index (χ2n) is 38.0. The van der Waals surface area contributed by atoms with Gasteiger partial charge in [-0.1, -0.05) is 259 Å². The Hall–Kier alpha value is -4.45. The molecule has 5 aliphatic rings. The van der Waals surface area contributed by atoms with E-state index in [0.717, 1.165) is 180 Å². The van der Waals surface area contributed by atoms with Gasteiger partial charge >= 0.3 is 45.5 Å². The highest BCUT2D eigenvalue weighted by Crippen LogP contribution is 2.47. The molecule has 5 rings (SSSR count). The molecule has 5 heterocycles. The molecule has 0 aromatic heterocycles. The number of phosphoric acid groups is 2. The summed E-state index contributed by atoms with van der Waals surface area (Å²) in [5.74, 6) is -22.1. The molecule has 24 N–H and O–H groups in total. The molecule has 29 atom stereocenters. The van der Waals surface area contributed by atoms with Gasteiger partial charge in [0.15, 0.2) is 24.8 Å². The van der Waals surface area contributed by atoms with Crippen molar-refractivity contribution in [3.05, 3.63) is 0 Å². The lowest BCUT2D eigenvalue weighted by atomic mass is 9.89. The maximum atomic E-state index is 14.8. The van der Waals surface area contributed by atoms with Crippen LogP contribution in [0.25, 0.3) is 0 Å². The Balaban J connectivity index is 1.67. The number of amides is 2. The van der Waals surface area contributed by atoms with Crippen LogP contribution in [-0.4, -0.2) is 362 Å². The Morgan fingerprint density at radius 3 is 1.08 bits per heavy atom. The minimum Gasteiger partial charge on any atom is -0.477 e. The standard InChI is InChI=1S/C92H166N2O44P2/c1-5-9-13-17-21-25-29-33-37-41-57(97)45-69(106)93-73-83(131-71(108)47-59(99)43-39-35-31-27-23-19-15-11-7-3)78(113)67(129-86(73)138-140(123,124)125)55-126-85-74(94-70(107)46-58(98)42-38-34-30-26-22-18-14-10-6-2)84(132-72(109)48-60(100)44-40-36-32-28-24-20-16-12-8-4)82(137-139(120,121)122)68(130-85)56-128-91(88(116)117)51-66(77(112)80(135-91)64(104)53-96)133-92(89(118)119)50-62(102)76(111)81(136-92)65(105)54-127-90(87(114)115)49-61(101)75(110)79(134-90)63(103)52-95/h57-68,73-86,95-105,110-113H,5-56H2,1-4H3,(H,93,106)(H,94,107)(H,114,115)(H,116,117)(H,118,119)(H2,120,121,122)(H2,123,124,125)/t57-,58-,59-,60-,61-,62-,63-,64-,65-,66-,67-,68-,73-,74-,75-,76-,77-,78-,79-,80-,81-,82-,83-,84-,85-,86-,90-,91-,92-/m1/s1. The number of carboxylic acid groups (broad SMARTS) is 3. The molecule has 0 aromatic rings. The van der Waals surface area contributed by atoms with Gasteiger partial charge < -0.3 is 174 Å². The minimum absolute atomic E-state index is 0.000780. The zero-order valence-electron chi connectivity index (χ0n) is 81.5. The lowest BCUT2D eigenvalue weighted by molar-refractivity contribution is -0.380. The van der Waals surface area contributed by atoms with Gasteiger partial charge in [-0.25, -0.2) is 23.5 Å². The first-order chi connectivity index (χ1) is 66.4. The maximum absolute atomic E-state index is 14.8. The summed E-state index contributed by atoms with van der Waals surface area (Å²) in [7, 11) is -12.1. The van der Waals surface area contributed by atoms with E-state index < -0.39 is 312 Å². The van der Waals surface area contributed by atoms with Crippen molar-refractivity contribution in [3.63, 3.8) is 0 Å². The van der Waals surface area contributed by atoms with Gasteiger partial charge in [-0.05, 0) is 25.7 Å². The Morgan fingerprint density at radius 2 is 0.700 bits per heavy atom. The van der Waals surface area contributed by atoms with Crippen LogP contribution in [0.5, 0.6) is 0 Å². The Morgan fingerprint density at radius 1 is 0.371 bits per heavy atom. The first-order valence-electron chi connectivity index (χ1n) is 50.5. The van der Waals surface area contributed by atoms with Crippen LogP contribution in [0.3, 0.4) is 0 Å². The van der Waals surface area contributed by atoms with Crippen molar-refractivity contribution in [3.8, 4) is 0 Å². The molecule has 2 amide bonds. The molecule has 5 saturated heterocycles. The van der Waals surface area contributed by atoms with Gasteiger partial charge in [0.25, 0.3) is 17.4 Å². The smallest absolute Gasteiger partial charge is 0.472 e. The van der Waals surface area contributed by atoms with Gasteiger partial charge in [0, 0.05) is 19.3 Å². The van der Waals surface area contributed by atoms with E-state index in [-0.39, 0.29) is 25.7 Å². The van der Waals surface area contributed by atoms with Crippen molar-refractivity contribution in [2.24, 2.45) is 0 Å². The predicted octanol–water partition coefficient (Wildman–Crippen LogP) is 3.88.